The summed E-state index contributed by atoms with van der Waals surface area (Å²) in [6, 6.07) is 0. The Hall–Kier alpha value is -1.14. The van der Waals surface area contributed by atoms with Crippen molar-refractivity contribution < 1.29 is 30.0 Å². The number of carboxylic acid groups (broad SMARTS) is 2. The fraction of sp³-hybridized carbons (Fsp3) is 0.500. The number of aliphatic hydroxyl groups excluding tert-OH is 2. The molecule has 0 amide bonds. The van der Waals surface area contributed by atoms with E-state index >= 15 is 0 Å². The molecular formula is C4H10O6. The molecule has 0 fully saturated rings. The van der Waals surface area contributed by atoms with Crippen LogP contribution in [0.4, 0.5) is 0 Å². The van der Waals surface area contributed by atoms with Crippen molar-refractivity contribution in [3.63, 3.8) is 0 Å². The van der Waals surface area contributed by atoms with Gasteiger partial charge in [0.25, 0.3) is 0 Å². The Morgan fingerprint density at radius 2 is 0.900 bits per heavy atom. The van der Waals surface area contributed by atoms with Gasteiger partial charge in [0.2, 0.25) is 0 Å². The van der Waals surface area contributed by atoms with E-state index in [1.807, 2.05) is 0 Å². The Labute approximate surface area is 57.3 Å². The third kappa shape index (κ3) is 28.8. The lowest BCUT2D eigenvalue weighted by Crippen LogP contribution is -2.09. The number of hydrogen-bond donors (Lipinski definition) is 4. The number of hydrogen-bond acceptors (Lipinski definition) is 4. The first-order valence-corrected chi connectivity index (χ1v) is 2.00. The van der Waals surface area contributed by atoms with E-state index in [1.54, 1.807) is 0 Å². The smallest absolute Gasteiger partial charge is 0.414 e. The third-order valence-electron chi connectivity index (χ3n) is 0.183. The zero-order valence-corrected chi connectivity index (χ0v) is 5.61. The standard InChI is InChI=1S/C2H2O4.2CH4O/c3-1(4)2(5)6;2*1-2/h(H,3,4)(H,5,6);2*2H,1H3. The molecular weight excluding hydrogens is 144 g/mol. The Bertz CT molecular complexity index is 75.7. The molecule has 4 N–H and O–H groups in total. The van der Waals surface area contributed by atoms with E-state index in [1.165, 1.54) is 0 Å². The van der Waals surface area contributed by atoms with Crippen LogP contribution >= 0.6 is 0 Å². The summed E-state index contributed by atoms with van der Waals surface area (Å²) in [6.45, 7) is 0. The van der Waals surface area contributed by atoms with Crippen molar-refractivity contribution in [1.29, 1.82) is 0 Å². The molecule has 6 heteroatoms. The van der Waals surface area contributed by atoms with Crippen LogP contribution < -0.4 is 0 Å². The van der Waals surface area contributed by atoms with Gasteiger partial charge in [-0.2, -0.15) is 0 Å². The fourth-order valence-electron chi connectivity index (χ4n) is 0. The third-order valence-corrected chi connectivity index (χ3v) is 0.183. The second-order valence-electron chi connectivity index (χ2n) is 0.610. The van der Waals surface area contributed by atoms with Gasteiger partial charge in [0.05, 0.1) is 0 Å². The van der Waals surface area contributed by atoms with E-state index in [0.717, 1.165) is 14.2 Å². The maximum Gasteiger partial charge on any atom is 0.414 e. The molecule has 0 heterocycles. The van der Waals surface area contributed by atoms with Crippen LogP contribution in [0.2, 0.25) is 0 Å². The van der Waals surface area contributed by atoms with Crippen molar-refractivity contribution in [2.75, 3.05) is 14.2 Å². The van der Waals surface area contributed by atoms with Gasteiger partial charge in [-0.05, 0) is 0 Å². The molecule has 0 aromatic heterocycles. The van der Waals surface area contributed by atoms with Crippen LogP contribution in [0.25, 0.3) is 0 Å². The molecule has 0 saturated carbocycles. The van der Waals surface area contributed by atoms with Gasteiger partial charge < -0.3 is 20.4 Å². The quantitative estimate of drug-likeness (QED) is 0.311. The van der Waals surface area contributed by atoms with Gasteiger partial charge in [0, 0.05) is 14.2 Å². The van der Waals surface area contributed by atoms with E-state index in [4.69, 9.17) is 30.0 Å². The molecule has 0 aromatic carbocycles. The molecule has 0 radical (unpaired) electrons. The number of carbonyl (C=O) groups is 2. The molecule has 0 atom stereocenters. The minimum absolute atomic E-state index is 1.00. The maximum absolute atomic E-state index is 9.10. The summed E-state index contributed by atoms with van der Waals surface area (Å²) >= 11 is 0. The Morgan fingerprint density at radius 3 is 0.900 bits per heavy atom. The molecule has 0 aliphatic carbocycles. The predicted octanol–water partition coefficient (Wildman–Crippen LogP) is -1.63. The topological polar surface area (TPSA) is 115 Å². The van der Waals surface area contributed by atoms with Gasteiger partial charge in [0.1, 0.15) is 0 Å². The van der Waals surface area contributed by atoms with Crippen molar-refractivity contribution >= 4 is 11.9 Å². The molecule has 62 valence electrons. The second kappa shape index (κ2) is 15.7. The highest BCUT2D eigenvalue weighted by Gasteiger charge is 2.04. The van der Waals surface area contributed by atoms with Gasteiger partial charge in [-0.1, -0.05) is 0 Å². The van der Waals surface area contributed by atoms with Gasteiger partial charge in [0.15, 0.2) is 0 Å². The average Bonchev–Trinajstić information content (AvgIpc) is 1.96. The summed E-state index contributed by atoms with van der Waals surface area (Å²) in [7, 11) is 2.00. The van der Waals surface area contributed by atoms with Crippen LogP contribution in [0.1, 0.15) is 0 Å². The van der Waals surface area contributed by atoms with Gasteiger partial charge in [-0.25, -0.2) is 9.59 Å². The highest BCUT2D eigenvalue weighted by Crippen LogP contribution is 1.56. The normalized spacial score (nSPS) is 5.60. The Kier molecular flexibility index (Phi) is 25.0. The van der Waals surface area contributed by atoms with E-state index < -0.39 is 11.9 Å². The number of rotatable bonds is 0. The molecule has 0 rings (SSSR count). The van der Waals surface area contributed by atoms with Gasteiger partial charge >= 0.3 is 11.9 Å². The summed E-state index contributed by atoms with van der Waals surface area (Å²) in [5.74, 6) is -3.65. The molecule has 0 aromatic rings. The predicted molar refractivity (Wildman–Crippen MR) is 31.6 cm³/mol. The Morgan fingerprint density at radius 1 is 0.800 bits per heavy atom. The minimum Gasteiger partial charge on any atom is -0.473 e. The van der Waals surface area contributed by atoms with Crippen LogP contribution in [0.5, 0.6) is 0 Å². The molecule has 0 aliphatic rings. The first-order valence-electron chi connectivity index (χ1n) is 2.00. The largest absolute Gasteiger partial charge is 0.473 e. The average molecular weight is 154 g/mol. The number of carboxylic acids is 2. The van der Waals surface area contributed by atoms with Crippen LogP contribution in [0.3, 0.4) is 0 Å². The van der Waals surface area contributed by atoms with Gasteiger partial charge in [-0.3, -0.25) is 0 Å². The summed E-state index contributed by atoms with van der Waals surface area (Å²) in [6.07, 6.45) is 0. The lowest BCUT2D eigenvalue weighted by atomic mass is 10.7. The van der Waals surface area contributed by atoms with E-state index in [-0.39, 0.29) is 0 Å². The van der Waals surface area contributed by atoms with Crippen molar-refractivity contribution in [3.05, 3.63) is 0 Å². The lowest BCUT2D eigenvalue weighted by Gasteiger charge is -1.72. The first kappa shape index (κ1) is 15.9. The number of aliphatic hydroxyl groups is 2. The first-order chi connectivity index (χ1) is 4.64. The highest BCUT2D eigenvalue weighted by atomic mass is 16.4. The summed E-state index contributed by atoms with van der Waals surface area (Å²) in [4.78, 5) is 18.2. The molecule has 0 unspecified atom stereocenters. The molecule has 0 spiro atoms. The number of aliphatic carboxylic acids is 2. The SMILES string of the molecule is CO.CO.O=C(O)C(=O)O. The van der Waals surface area contributed by atoms with Crippen LogP contribution in [-0.2, 0) is 9.59 Å². The second-order valence-corrected chi connectivity index (χ2v) is 0.610. The van der Waals surface area contributed by atoms with Crippen molar-refractivity contribution in [1.82, 2.24) is 0 Å². The monoisotopic (exact) mass is 154 g/mol. The van der Waals surface area contributed by atoms with Crippen molar-refractivity contribution in [2.24, 2.45) is 0 Å². The zero-order chi connectivity index (χ0) is 9.15. The van der Waals surface area contributed by atoms with Crippen LogP contribution in [0, 0.1) is 0 Å². The van der Waals surface area contributed by atoms with E-state index in [0.29, 0.717) is 0 Å². The zero-order valence-electron chi connectivity index (χ0n) is 5.61. The van der Waals surface area contributed by atoms with Crippen LogP contribution in [0.15, 0.2) is 0 Å². The summed E-state index contributed by atoms with van der Waals surface area (Å²) in [5.41, 5.74) is 0. The minimum atomic E-state index is -1.82. The van der Waals surface area contributed by atoms with Gasteiger partial charge in [-0.15, -0.1) is 0 Å². The van der Waals surface area contributed by atoms with E-state index in [9.17, 15) is 0 Å². The van der Waals surface area contributed by atoms with Crippen LogP contribution in [-0.4, -0.2) is 46.6 Å². The van der Waals surface area contributed by atoms with Crippen molar-refractivity contribution in [2.45, 2.75) is 0 Å². The highest BCUT2D eigenvalue weighted by molar-refractivity contribution is 6.27. The molecule has 6 nitrogen and oxygen atoms in total. The molecule has 0 bridgehead atoms. The van der Waals surface area contributed by atoms with Crippen molar-refractivity contribution in [3.8, 4) is 0 Å². The fourth-order valence-corrected chi connectivity index (χ4v) is 0. The summed E-state index contributed by atoms with van der Waals surface area (Å²) < 4.78 is 0. The summed E-state index contributed by atoms with van der Waals surface area (Å²) in [5, 5.41) is 28.8. The maximum atomic E-state index is 9.10. The molecule has 0 aliphatic heterocycles. The molecule has 10 heavy (non-hydrogen) atoms. The Balaban J connectivity index is -0.000000105. The lowest BCUT2D eigenvalue weighted by molar-refractivity contribution is -0.159. The molecule has 0 saturated heterocycles. The van der Waals surface area contributed by atoms with E-state index in [2.05, 4.69) is 0 Å².